The van der Waals surface area contributed by atoms with Gasteiger partial charge in [0.25, 0.3) is 5.91 Å². The summed E-state index contributed by atoms with van der Waals surface area (Å²) in [4.78, 5) is 27.6. The Morgan fingerprint density at radius 3 is 2.36 bits per heavy atom. The van der Waals surface area contributed by atoms with E-state index in [1.54, 1.807) is 18.2 Å². The third kappa shape index (κ3) is 5.49. The van der Waals surface area contributed by atoms with Crippen molar-refractivity contribution in [1.29, 1.82) is 0 Å². The summed E-state index contributed by atoms with van der Waals surface area (Å²) in [5.74, 6) is -0.638. The molecule has 1 aliphatic rings. The highest BCUT2D eigenvalue weighted by molar-refractivity contribution is 6.04. The molecule has 0 radical (unpaired) electrons. The molecule has 33 heavy (non-hydrogen) atoms. The topological polar surface area (TPSA) is 73.5 Å². The van der Waals surface area contributed by atoms with Crippen LogP contribution in [0.4, 0.5) is 26.2 Å². The van der Waals surface area contributed by atoms with Crippen molar-refractivity contribution in [3.63, 3.8) is 0 Å². The minimum Gasteiger partial charge on any atom is -0.366 e. The van der Waals surface area contributed by atoms with Crippen molar-refractivity contribution in [1.82, 2.24) is 5.32 Å². The van der Waals surface area contributed by atoms with Gasteiger partial charge >= 0.3 is 6.03 Å². The molecule has 0 aromatic heterocycles. The Hall–Kier alpha value is -3.87. The summed E-state index contributed by atoms with van der Waals surface area (Å²) in [5.41, 5.74) is 4.70. The maximum absolute atomic E-state index is 13.4. The van der Waals surface area contributed by atoms with Crippen molar-refractivity contribution in [3.05, 3.63) is 89.2 Å². The zero-order valence-corrected chi connectivity index (χ0v) is 18.7. The molecule has 170 valence electrons. The third-order valence-electron chi connectivity index (χ3n) is 5.47. The standard InChI is InChI=1S/C26H27FN4O2/c1-17(2)28-25(32)23-15-22(30-26(33)29-21-9-5-8-20(27)14-21)10-11-24(23)31-13-12-18-6-3-4-7-19(18)16-31/h3-11,14-15,17H,12-13,16H2,1-2H3,(H,28,32)(H2,29,30,33). The third-order valence-corrected chi connectivity index (χ3v) is 5.47. The lowest BCUT2D eigenvalue weighted by Crippen LogP contribution is -2.35. The maximum Gasteiger partial charge on any atom is 0.323 e. The van der Waals surface area contributed by atoms with E-state index in [0.29, 0.717) is 23.5 Å². The fraction of sp³-hybridized carbons (Fsp3) is 0.231. The zero-order chi connectivity index (χ0) is 23.4. The van der Waals surface area contributed by atoms with Crippen LogP contribution in [0.2, 0.25) is 0 Å². The normalized spacial score (nSPS) is 12.8. The lowest BCUT2D eigenvalue weighted by molar-refractivity contribution is 0.0943. The van der Waals surface area contributed by atoms with Crippen LogP contribution in [0.15, 0.2) is 66.7 Å². The molecule has 0 unspecified atom stereocenters. The van der Waals surface area contributed by atoms with E-state index in [-0.39, 0.29) is 11.9 Å². The van der Waals surface area contributed by atoms with E-state index < -0.39 is 11.8 Å². The van der Waals surface area contributed by atoms with E-state index in [1.807, 2.05) is 32.0 Å². The van der Waals surface area contributed by atoms with Crippen LogP contribution in [0.25, 0.3) is 0 Å². The first kappa shape index (κ1) is 22.3. The van der Waals surface area contributed by atoms with Gasteiger partial charge in [-0.1, -0.05) is 30.3 Å². The molecule has 0 spiro atoms. The van der Waals surface area contributed by atoms with Crippen molar-refractivity contribution in [2.24, 2.45) is 0 Å². The van der Waals surface area contributed by atoms with E-state index in [2.05, 4.69) is 33.0 Å². The molecule has 0 saturated heterocycles. The molecule has 3 N–H and O–H groups in total. The summed E-state index contributed by atoms with van der Waals surface area (Å²) in [6.07, 6.45) is 0.900. The number of anilines is 3. The van der Waals surface area contributed by atoms with Crippen molar-refractivity contribution in [2.45, 2.75) is 32.9 Å². The van der Waals surface area contributed by atoms with E-state index in [1.165, 1.54) is 29.3 Å². The smallest absolute Gasteiger partial charge is 0.323 e. The van der Waals surface area contributed by atoms with Crippen LogP contribution in [0, 0.1) is 5.82 Å². The highest BCUT2D eigenvalue weighted by Gasteiger charge is 2.22. The fourth-order valence-corrected chi connectivity index (χ4v) is 3.97. The molecule has 3 aromatic rings. The van der Waals surface area contributed by atoms with Gasteiger partial charge in [-0.05, 0) is 67.8 Å². The molecule has 0 aliphatic carbocycles. The highest BCUT2D eigenvalue weighted by atomic mass is 19.1. The monoisotopic (exact) mass is 446 g/mol. The van der Waals surface area contributed by atoms with E-state index in [4.69, 9.17) is 0 Å². The summed E-state index contributed by atoms with van der Waals surface area (Å²) >= 11 is 0. The largest absolute Gasteiger partial charge is 0.366 e. The second kappa shape index (κ2) is 9.73. The summed E-state index contributed by atoms with van der Waals surface area (Å²) < 4.78 is 13.4. The molecule has 0 fully saturated rings. The number of urea groups is 1. The van der Waals surface area contributed by atoms with E-state index >= 15 is 0 Å². The van der Waals surface area contributed by atoms with E-state index in [0.717, 1.165) is 18.7 Å². The lowest BCUT2D eigenvalue weighted by Gasteiger charge is -2.32. The van der Waals surface area contributed by atoms with Gasteiger partial charge in [0.15, 0.2) is 0 Å². The van der Waals surface area contributed by atoms with Crippen LogP contribution in [0.3, 0.4) is 0 Å². The van der Waals surface area contributed by atoms with Gasteiger partial charge in [-0.25, -0.2) is 9.18 Å². The first-order valence-electron chi connectivity index (χ1n) is 11.0. The van der Waals surface area contributed by atoms with Gasteiger partial charge in [-0.2, -0.15) is 0 Å². The fourth-order valence-electron chi connectivity index (χ4n) is 3.97. The highest BCUT2D eigenvalue weighted by Crippen LogP contribution is 2.30. The van der Waals surface area contributed by atoms with Crippen molar-refractivity contribution in [2.75, 3.05) is 22.1 Å². The van der Waals surface area contributed by atoms with Crippen LogP contribution in [-0.2, 0) is 13.0 Å². The number of amides is 3. The molecule has 3 amide bonds. The SMILES string of the molecule is CC(C)NC(=O)c1cc(NC(=O)Nc2cccc(F)c2)ccc1N1CCc2ccccc2C1. The van der Waals surface area contributed by atoms with Crippen LogP contribution in [0.5, 0.6) is 0 Å². The van der Waals surface area contributed by atoms with Crippen LogP contribution >= 0.6 is 0 Å². The Kier molecular flexibility index (Phi) is 6.58. The number of rotatable bonds is 5. The number of halogens is 1. The molecule has 3 aromatic carbocycles. The predicted octanol–water partition coefficient (Wildman–Crippen LogP) is 5.17. The van der Waals surface area contributed by atoms with Crippen LogP contribution < -0.4 is 20.9 Å². The number of carbonyl (C=O) groups is 2. The summed E-state index contributed by atoms with van der Waals surface area (Å²) in [7, 11) is 0. The minimum absolute atomic E-state index is 0.0275. The van der Waals surface area contributed by atoms with Gasteiger partial charge in [-0.15, -0.1) is 0 Å². The Morgan fingerprint density at radius 2 is 1.64 bits per heavy atom. The van der Waals surface area contributed by atoms with Gasteiger partial charge < -0.3 is 20.9 Å². The van der Waals surface area contributed by atoms with Crippen LogP contribution in [0.1, 0.15) is 35.3 Å². The van der Waals surface area contributed by atoms with E-state index in [9.17, 15) is 14.0 Å². The lowest BCUT2D eigenvalue weighted by atomic mass is 9.98. The van der Waals surface area contributed by atoms with Crippen molar-refractivity contribution >= 4 is 29.0 Å². The van der Waals surface area contributed by atoms with Gasteiger partial charge in [0, 0.05) is 36.2 Å². The maximum atomic E-state index is 13.4. The molecule has 1 heterocycles. The second-order valence-electron chi connectivity index (χ2n) is 8.39. The summed E-state index contributed by atoms with van der Waals surface area (Å²) in [6.45, 7) is 5.32. The van der Waals surface area contributed by atoms with Gasteiger partial charge in [0.1, 0.15) is 5.82 Å². The van der Waals surface area contributed by atoms with Gasteiger partial charge in [0.05, 0.1) is 5.56 Å². The number of carbonyl (C=O) groups excluding carboxylic acids is 2. The number of fused-ring (bicyclic) bond motifs is 1. The summed E-state index contributed by atoms with van der Waals surface area (Å²) in [6, 6.07) is 18.8. The molecular weight excluding hydrogens is 419 g/mol. The first-order chi connectivity index (χ1) is 15.9. The molecular formula is C26H27FN4O2. The number of benzene rings is 3. The van der Waals surface area contributed by atoms with Gasteiger partial charge in [-0.3, -0.25) is 4.79 Å². The number of nitrogens with zero attached hydrogens (tertiary/aromatic N) is 1. The molecule has 0 atom stereocenters. The van der Waals surface area contributed by atoms with Crippen molar-refractivity contribution in [3.8, 4) is 0 Å². The average molecular weight is 447 g/mol. The van der Waals surface area contributed by atoms with Crippen molar-refractivity contribution < 1.29 is 14.0 Å². The number of hydrogen-bond donors (Lipinski definition) is 3. The Balaban J connectivity index is 1.57. The molecule has 1 aliphatic heterocycles. The van der Waals surface area contributed by atoms with Gasteiger partial charge in [0.2, 0.25) is 0 Å². The average Bonchev–Trinajstić information content (AvgIpc) is 2.78. The minimum atomic E-state index is -0.518. The first-order valence-corrected chi connectivity index (χ1v) is 11.0. The Labute approximate surface area is 192 Å². The molecule has 6 nitrogen and oxygen atoms in total. The number of hydrogen-bond acceptors (Lipinski definition) is 3. The Bertz CT molecular complexity index is 1180. The molecule has 0 saturated carbocycles. The predicted molar refractivity (Wildman–Crippen MR) is 129 cm³/mol. The quantitative estimate of drug-likeness (QED) is 0.506. The zero-order valence-electron chi connectivity index (χ0n) is 18.7. The van der Waals surface area contributed by atoms with Crippen LogP contribution in [-0.4, -0.2) is 24.5 Å². The molecule has 4 rings (SSSR count). The Morgan fingerprint density at radius 1 is 0.909 bits per heavy atom. The molecule has 0 bridgehead atoms. The summed E-state index contributed by atoms with van der Waals surface area (Å²) in [5, 5.41) is 8.28. The number of nitrogens with one attached hydrogen (secondary N) is 3. The second-order valence-corrected chi connectivity index (χ2v) is 8.39. The molecule has 7 heteroatoms.